The SMILES string of the molecule is Cc1ccc(NC(=O)CSc2cc(C(C)(C)C)nc3c(-c4ccc(Cl)cc4)c(C)nn23)cc1C. The molecular weight excluding hydrogens is 464 g/mol. The first-order valence-electron chi connectivity index (χ1n) is 11.2. The maximum atomic E-state index is 12.7. The van der Waals surface area contributed by atoms with Crippen LogP contribution in [0.1, 0.15) is 43.3 Å². The van der Waals surface area contributed by atoms with Gasteiger partial charge in [0.2, 0.25) is 5.91 Å². The molecule has 0 bridgehead atoms. The lowest BCUT2D eigenvalue weighted by Gasteiger charge is -2.19. The standard InChI is InChI=1S/C27H29ClN4OS/c1-16-7-12-21(13-17(16)2)29-23(33)15-34-24-14-22(27(4,5)6)30-26-25(18(3)31-32(24)26)19-8-10-20(28)11-9-19/h7-14H,15H2,1-6H3,(H,29,33). The predicted octanol–water partition coefficient (Wildman–Crippen LogP) is 7.00. The molecule has 0 aliphatic heterocycles. The first kappa shape index (κ1) is 24.3. The Bertz CT molecular complexity index is 1370. The van der Waals surface area contributed by atoms with Crippen LogP contribution in [0.4, 0.5) is 5.69 Å². The van der Waals surface area contributed by atoms with Crippen LogP contribution in [0.3, 0.4) is 0 Å². The van der Waals surface area contributed by atoms with Gasteiger partial charge in [0, 0.05) is 21.7 Å². The molecule has 2 heterocycles. The molecule has 0 saturated carbocycles. The Hall–Kier alpha value is -2.83. The fraction of sp³-hybridized carbons (Fsp3) is 0.296. The normalized spacial score (nSPS) is 11.7. The zero-order valence-electron chi connectivity index (χ0n) is 20.4. The fourth-order valence-electron chi connectivity index (χ4n) is 3.69. The van der Waals surface area contributed by atoms with Crippen molar-refractivity contribution in [3.05, 3.63) is 76.1 Å². The van der Waals surface area contributed by atoms with E-state index in [2.05, 4.69) is 33.0 Å². The van der Waals surface area contributed by atoms with Crippen LogP contribution in [0.2, 0.25) is 5.02 Å². The van der Waals surface area contributed by atoms with Gasteiger partial charge in [-0.15, -0.1) is 0 Å². The Morgan fingerprint density at radius 3 is 2.38 bits per heavy atom. The molecule has 4 aromatic rings. The third-order valence-electron chi connectivity index (χ3n) is 5.77. The largest absolute Gasteiger partial charge is 0.325 e. The van der Waals surface area contributed by atoms with E-state index in [9.17, 15) is 4.79 Å². The number of rotatable bonds is 5. The fourth-order valence-corrected chi connectivity index (χ4v) is 4.62. The smallest absolute Gasteiger partial charge is 0.234 e. The highest BCUT2D eigenvalue weighted by Gasteiger charge is 2.23. The van der Waals surface area contributed by atoms with E-state index in [1.807, 2.05) is 66.9 Å². The van der Waals surface area contributed by atoms with Crippen LogP contribution in [0.5, 0.6) is 0 Å². The van der Waals surface area contributed by atoms with Crippen molar-refractivity contribution in [2.45, 2.75) is 52.0 Å². The number of aryl methyl sites for hydroxylation is 3. The summed E-state index contributed by atoms with van der Waals surface area (Å²) in [5.41, 5.74) is 7.60. The number of hydrogen-bond acceptors (Lipinski definition) is 4. The molecule has 0 unspecified atom stereocenters. The van der Waals surface area contributed by atoms with Crippen LogP contribution in [-0.4, -0.2) is 26.3 Å². The van der Waals surface area contributed by atoms with Crippen molar-refractivity contribution >= 4 is 40.6 Å². The van der Waals surface area contributed by atoms with Gasteiger partial charge in [-0.1, -0.05) is 62.3 Å². The Morgan fingerprint density at radius 1 is 1.03 bits per heavy atom. The Kier molecular flexibility index (Phi) is 6.74. The zero-order chi connectivity index (χ0) is 24.6. The lowest BCUT2D eigenvalue weighted by molar-refractivity contribution is -0.113. The van der Waals surface area contributed by atoms with E-state index in [0.717, 1.165) is 44.4 Å². The number of thioether (sulfide) groups is 1. The number of carbonyl (C=O) groups is 1. The molecule has 2 aromatic carbocycles. The molecule has 5 nitrogen and oxygen atoms in total. The van der Waals surface area contributed by atoms with Gasteiger partial charge in [-0.25, -0.2) is 9.50 Å². The minimum Gasteiger partial charge on any atom is -0.325 e. The van der Waals surface area contributed by atoms with E-state index in [0.29, 0.717) is 5.02 Å². The van der Waals surface area contributed by atoms with Crippen molar-refractivity contribution in [3.8, 4) is 11.1 Å². The van der Waals surface area contributed by atoms with Gasteiger partial charge in [0.05, 0.1) is 17.1 Å². The lowest BCUT2D eigenvalue weighted by Crippen LogP contribution is -2.17. The highest BCUT2D eigenvalue weighted by molar-refractivity contribution is 7.99. The van der Waals surface area contributed by atoms with E-state index in [1.54, 1.807) is 0 Å². The molecule has 0 radical (unpaired) electrons. The second-order valence-electron chi connectivity index (χ2n) is 9.57. The quantitative estimate of drug-likeness (QED) is 0.240. The number of aromatic nitrogens is 3. The third-order valence-corrected chi connectivity index (χ3v) is 7.02. The number of carbonyl (C=O) groups excluding carboxylic acids is 1. The molecule has 34 heavy (non-hydrogen) atoms. The number of benzene rings is 2. The van der Waals surface area contributed by atoms with Crippen molar-refractivity contribution in [2.24, 2.45) is 0 Å². The lowest BCUT2D eigenvalue weighted by atomic mass is 9.92. The average Bonchev–Trinajstić information content (AvgIpc) is 3.10. The Morgan fingerprint density at radius 2 is 1.74 bits per heavy atom. The third kappa shape index (κ3) is 5.13. The van der Waals surface area contributed by atoms with E-state index >= 15 is 0 Å². The molecule has 0 aliphatic rings. The first-order valence-corrected chi connectivity index (χ1v) is 12.6. The first-order chi connectivity index (χ1) is 16.0. The number of halogens is 1. The molecule has 0 aliphatic carbocycles. The number of hydrogen-bond donors (Lipinski definition) is 1. The minimum atomic E-state index is -0.159. The number of nitrogens with zero attached hydrogens (tertiary/aromatic N) is 3. The topological polar surface area (TPSA) is 59.3 Å². The summed E-state index contributed by atoms with van der Waals surface area (Å²) >= 11 is 7.57. The van der Waals surface area contributed by atoms with E-state index in [4.69, 9.17) is 21.7 Å². The summed E-state index contributed by atoms with van der Waals surface area (Å²) < 4.78 is 1.85. The number of amides is 1. The van der Waals surface area contributed by atoms with Crippen LogP contribution in [0, 0.1) is 20.8 Å². The summed E-state index contributed by atoms with van der Waals surface area (Å²) in [6.07, 6.45) is 0. The summed E-state index contributed by atoms with van der Waals surface area (Å²) in [6.45, 7) is 12.5. The van der Waals surface area contributed by atoms with Gasteiger partial charge in [0.1, 0.15) is 5.03 Å². The molecule has 2 aromatic heterocycles. The Labute approximate surface area is 209 Å². The molecular formula is C27H29ClN4OS. The van der Waals surface area contributed by atoms with Gasteiger partial charge >= 0.3 is 0 Å². The summed E-state index contributed by atoms with van der Waals surface area (Å²) in [6, 6.07) is 15.7. The van der Waals surface area contributed by atoms with Gasteiger partial charge in [0.25, 0.3) is 0 Å². The molecule has 0 fully saturated rings. The average molecular weight is 493 g/mol. The van der Waals surface area contributed by atoms with Crippen molar-refractivity contribution < 1.29 is 4.79 Å². The molecule has 7 heteroatoms. The van der Waals surface area contributed by atoms with Crippen LogP contribution < -0.4 is 5.32 Å². The highest BCUT2D eigenvalue weighted by Crippen LogP contribution is 2.33. The van der Waals surface area contributed by atoms with E-state index in [-0.39, 0.29) is 17.1 Å². The van der Waals surface area contributed by atoms with Gasteiger partial charge in [0.15, 0.2) is 5.65 Å². The molecule has 4 rings (SSSR count). The van der Waals surface area contributed by atoms with Crippen LogP contribution in [-0.2, 0) is 10.2 Å². The van der Waals surface area contributed by atoms with Gasteiger partial charge in [-0.3, -0.25) is 4.79 Å². The summed E-state index contributed by atoms with van der Waals surface area (Å²) in [5, 5.41) is 9.36. The van der Waals surface area contributed by atoms with Crippen LogP contribution in [0.25, 0.3) is 16.8 Å². The molecule has 0 saturated heterocycles. The van der Waals surface area contributed by atoms with Crippen LogP contribution in [0.15, 0.2) is 53.6 Å². The van der Waals surface area contributed by atoms with E-state index < -0.39 is 0 Å². The molecule has 0 atom stereocenters. The van der Waals surface area contributed by atoms with Gasteiger partial charge < -0.3 is 5.32 Å². The van der Waals surface area contributed by atoms with E-state index in [1.165, 1.54) is 17.3 Å². The monoisotopic (exact) mass is 492 g/mol. The summed E-state index contributed by atoms with van der Waals surface area (Å²) in [5.74, 6) is 0.211. The number of anilines is 1. The van der Waals surface area contributed by atoms with Crippen molar-refractivity contribution in [2.75, 3.05) is 11.1 Å². The highest BCUT2D eigenvalue weighted by atomic mass is 35.5. The zero-order valence-corrected chi connectivity index (χ0v) is 21.9. The number of nitrogens with one attached hydrogen (secondary N) is 1. The predicted molar refractivity (Wildman–Crippen MR) is 142 cm³/mol. The number of fused-ring (bicyclic) bond motifs is 1. The molecule has 1 amide bonds. The molecule has 0 spiro atoms. The minimum absolute atomic E-state index is 0.0580. The van der Waals surface area contributed by atoms with Gasteiger partial charge in [-0.05, 0) is 67.8 Å². The van der Waals surface area contributed by atoms with Crippen molar-refractivity contribution in [1.82, 2.24) is 14.6 Å². The summed E-state index contributed by atoms with van der Waals surface area (Å²) in [4.78, 5) is 17.7. The molecule has 176 valence electrons. The Balaban J connectivity index is 1.68. The summed E-state index contributed by atoms with van der Waals surface area (Å²) in [7, 11) is 0. The maximum absolute atomic E-state index is 12.7. The molecule has 1 N–H and O–H groups in total. The maximum Gasteiger partial charge on any atom is 0.234 e. The van der Waals surface area contributed by atoms with Crippen molar-refractivity contribution in [3.63, 3.8) is 0 Å². The van der Waals surface area contributed by atoms with Crippen LogP contribution >= 0.6 is 23.4 Å². The van der Waals surface area contributed by atoms with Gasteiger partial charge in [-0.2, -0.15) is 5.10 Å². The second-order valence-corrected chi connectivity index (χ2v) is 11.0. The van der Waals surface area contributed by atoms with Crippen molar-refractivity contribution in [1.29, 1.82) is 0 Å². The second kappa shape index (κ2) is 9.43.